The first-order valence-electron chi connectivity index (χ1n) is 5.99. The largest absolute Gasteiger partial charge is 0.496 e. The first-order chi connectivity index (χ1) is 8.07. The third-order valence-electron chi connectivity index (χ3n) is 4.13. The zero-order valence-corrected chi connectivity index (χ0v) is 10.8. The van der Waals surface area contributed by atoms with Crippen LogP contribution in [0.5, 0.6) is 5.75 Å². The van der Waals surface area contributed by atoms with Gasteiger partial charge in [0.1, 0.15) is 5.75 Å². The van der Waals surface area contributed by atoms with Crippen LogP contribution in [0.2, 0.25) is 0 Å². The minimum absolute atomic E-state index is 0.000116. The normalized spacial score (nSPS) is 18.6. The number of nitrogens with two attached hydrogens (primary N) is 1. The average Bonchev–Trinajstić information content (AvgIpc) is 2.28. The quantitative estimate of drug-likeness (QED) is 0.867. The van der Waals surface area contributed by atoms with Crippen LogP contribution in [0.15, 0.2) is 24.3 Å². The lowest BCUT2D eigenvalue weighted by molar-refractivity contribution is -0.117. The molecule has 1 fully saturated rings. The summed E-state index contributed by atoms with van der Waals surface area (Å²) in [7, 11) is 1.71. The van der Waals surface area contributed by atoms with E-state index in [9.17, 15) is 0 Å². The summed E-state index contributed by atoms with van der Waals surface area (Å²) in [6.07, 6.45) is 0. The molecule has 0 bridgehead atoms. The molecule has 2 rings (SSSR count). The summed E-state index contributed by atoms with van der Waals surface area (Å²) in [5.41, 5.74) is 7.13. The first kappa shape index (κ1) is 12.4. The van der Waals surface area contributed by atoms with Crippen LogP contribution < -0.4 is 10.5 Å². The standard InChI is InChI=1S/C14H21NO2/c1-13(2,8-15)14(9-17-10-14)11-6-4-5-7-12(11)16-3/h4-7H,8-10,15H2,1-3H3. The van der Waals surface area contributed by atoms with E-state index in [4.69, 9.17) is 15.2 Å². The molecule has 0 atom stereocenters. The number of hydrogen-bond donors (Lipinski definition) is 1. The summed E-state index contributed by atoms with van der Waals surface area (Å²) in [5, 5.41) is 0. The Hall–Kier alpha value is -1.06. The van der Waals surface area contributed by atoms with Gasteiger partial charge in [0.15, 0.2) is 0 Å². The molecule has 1 aromatic rings. The Labute approximate surface area is 103 Å². The van der Waals surface area contributed by atoms with E-state index in [-0.39, 0.29) is 10.8 Å². The maximum absolute atomic E-state index is 5.93. The molecule has 2 N–H and O–H groups in total. The van der Waals surface area contributed by atoms with Gasteiger partial charge in [-0.05, 0) is 18.0 Å². The van der Waals surface area contributed by atoms with Crippen LogP contribution in [0.3, 0.4) is 0 Å². The van der Waals surface area contributed by atoms with Crippen molar-refractivity contribution in [2.24, 2.45) is 11.1 Å². The lowest BCUT2D eigenvalue weighted by Crippen LogP contribution is -2.59. The molecule has 1 aliphatic heterocycles. The van der Waals surface area contributed by atoms with Crippen molar-refractivity contribution in [1.82, 2.24) is 0 Å². The molecule has 0 spiro atoms. The molecular formula is C14H21NO2. The van der Waals surface area contributed by atoms with Gasteiger partial charge >= 0.3 is 0 Å². The van der Waals surface area contributed by atoms with Crippen molar-refractivity contribution in [3.8, 4) is 5.75 Å². The van der Waals surface area contributed by atoms with Crippen LogP contribution in [0.25, 0.3) is 0 Å². The second-order valence-corrected chi connectivity index (χ2v) is 5.36. The van der Waals surface area contributed by atoms with Crippen molar-refractivity contribution in [2.45, 2.75) is 19.3 Å². The number of methoxy groups -OCH3 is 1. The monoisotopic (exact) mass is 235 g/mol. The molecule has 3 heteroatoms. The van der Waals surface area contributed by atoms with Gasteiger partial charge in [0.05, 0.1) is 25.7 Å². The van der Waals surface area contributed by atoms with E-state index in [1.54, 1.807) is 7.11 Å². The van der Waals surface area contributed by atoms with E-state index >= 15 is 0 Å². The number of benzene rings is 1. The molecule has 17 heavy (non-hydrogen) atoms. The maximum atomic E-state index is 5.93. The molecule has 0 amide bonds. The summed E-state index contributed by atoms with van der Waals surface area (Å²) in [6.45, 7) is 6.47. The highest BCUT2D eigenvalue weighted by atomic mass is 16.5. The third kappa shape index (κ3) is 1.74. The highest BCUT2D eigenvalue weighted by Gasteiger charge is 2.52. The van der Waals surface area contributed by atoms with E-state index in [2.05, 4.69) is 19.9 Å². The van der Waals surface area contributed by atoms with Gasteiger partial charge in [-0.1, -0.05) is 32.0 Å². The summed E-state index contributed by atoms with van der Waals surface area (Å²) in [5.74, 6) is 0.928. The van der Waals surface area contributed by atoms with Crippen molar-refractivity contribution in [3.63, 3.8) is 0 Å². The predicted molar refractivity (Wildman–Crippen MR) is 68.3 cm³/mol. The lowest BCUT2D eigenvalue weighted by atomic mass is 9.60. The second-order valence-electron chi connectivity index (χ2n) is 5.36. The molecule has 0 aliphatic carbocycles. The van der Waals surface area contributed by atoms with Gasteiger partial charge in [-0.3, -0.25) is 0 Å². The zero-order chi connectivity index (χ0) is 12.5. The molecule has 1 saturated heterocycles. The minimum Gasteiger partial charge on any atom is -0.496 e. The second kappa shape index (κ2) is 4.31. The van der Waals surface area contributed by atoms with Crippen LogP contribution in [0.4, 0.5) is 0 Å². The molecule has 94 valence electrons. The van der Waals surface area contributed by atoms with Gasteiger partial charge in [-0.2, -0.15) is 0 Å². The average molecular weight is 235 g/mol. The molecule has 1 aromatic carbocycles. The summed E-state index contributed by atoms with van der Waals surface area (Å²) in [4.78, 5) is 0. The van der Waals surface area contributed by atoms with E-state index < -0.39 is 0 Å². The highest BCUT2D eigenvalue weighted by Crippen LogP contribution is 2.49. The van der Waals surface area contributed by atoms with Gasteiger partial charge in [0.25, 0.3) is 0 Å². The van der Waals surface area contributed by atoms with Gasteiger partial charge in [-0.25, -0.2) is 0 Å². The Balaban J connectivity index is 2.48. The Kier molecular flexibility index (Phi) is 3.15. The molecular weight excluding hydrogens is 214 g/mol. The van der Waals surface area contributed by atoms with Crippen molar-refractivity contribution >= 4 is 0 Å². The van der Waals surface area contributed by atoms with Crippen molar-refractivity contribution in [3.05, 3.63) is 29.8 Å². The molecule has 1 aliphatic rings. The number of para-hydroxylation sites is 1. The first-order valence-corrected chi connectivity index (χ1v) is 5.99. The maximum Gasteiger partial charge on any atom is 0.122 e. The number of hydrogen-bond acceptors (Lipinski definition) is 3. The van der Waals surface area contributed by atoms with Crippen molar-refractivity contribution in [1.29, 1.82) is 0 Å². The molecule has 1 heterocycles. The van der Waals surface area contributed by atoms with Crippen LogP contribution in [-0.4, -0.2) is 26.9 Å². The van der Waals surface area contributed by atoms with Crippen molar-refractivity contribution in [2.75, 3.05) is 26.9 Å². The Morgan fingerprint density at radius 3 is 2.47 bits per heavy atom. The van der Waals surface area contributed by atoms with E-state index in [1.807, 2.05) is 18.2 Å². The summed E-state index contributed by atoms with van der Waals surface area (Å²) >= 11 is 0. The fourth-order valence-electron chi connectivity index (χ4n) is 2.45. The molecule has 0 aromatic heterocycles. The Bertz CT molecular complexity index is 397. The van der Waals surface area contributed by atoms with Gasteiger partial charge in [0, 0.05) is 5.56 Å². The van der Waals surface area contributed by atoms with E-state index in [0.717, 1.165) is 19.0 Å². The zero-order valence-electron chi connectivity index (χ0n) is 10.8. The molecule has 0 unspecified atom stereocenters. The van der Waals surface area contributed by atoms with Crippen LogP contribution in [-0.2, 0) is 10.2 Å². The van der Waals surface area contributed by atoms with Gasteiger partial charge in [-0.15, -0.1) is 0 Å². The molecule has 3 nitrogen and oxygen atoms in total. The van der Waals surface area contributed by atoms with Crippen LogP contribution in [0, 0.1) is 5.41 Å². The van der Waals surface area contributed by atoms with E-state index in [0.29, 0.717) is 6.54 Å². The molecule has 0 saturated carbocycles. The minimum atomic E-state index is -0.0195. The van der Waals surface area contributed by atoms with Crippen molar-refractivity contribution < 1.29 is 9.47 Å². The number of rotatable bonds is 4. The Morgan fingerprint density at radius 1 is 1.35 bits per heavy atom. The fourth-order valence-corrected chi connectivity index (χ4v) is 2.45. The topological polar surface area (TPSA) is 44.5 Å². The fraction of sp³-hybridized carbons (Fsp3) is 0.571. The summed E-state index contributed by atoms with van der Waals surface area (Å²) in [6, 6.07) is 8.16. The molecule has 0 radical (unpaired) electrons. The highest BCUT2D eigenvalue weighted by molar-refractivity contribution is 5.43. The Morgan fingerprint density at radius 2 is 2.00 bits per heavy atom. The van der Waals surface area contributed by atoms with Gasteiger partial charge < -0.3 is 15.2 Å². The smallest absolute Gasteiger partial charge is 0.122 e. The number of ether oxygens (including phenoxy) is 2. The lowest BCUT2D eigenvalue weighted by Gasteiger charge is -2.52. The predicted octanol–water partition coefficient (Wildman–Crippen LogP) is 1.95. The summed E-state index contributed by atoms with van der Waals surface area (Å²) < 4.78 is 10.9. The van der Waals surface area contributed by atoms with E-state index in [1.165, 1.54) is 5.56 Å². The van der Waals surface area contributed by atoms with Crippen LogP contribution >= 0.6 is 0 Å². The third-order valence-corrected chi connectivity index (χ3v) is 4.13. The van der Waals surface area contributed by atoms with Crippen LogP contribution in [0.1, 0.15) is 19.4 Å². The SMILES string of the molecule is COc1ccccc1C1(C(C)(C)CN)COC1. The van der Waals surface area contributed by atoms with Gasteiger partial charge in [0.2, 0.25) is 0 Å².